The van der Waals surface area contributed by atoms with Crippen LogP contribution in [0.4, 0.5) is 10.1 Å². The number of carbonyl (C=O) groups excluding carboxylic acids is 1. The van der Waals surface area contributed by atoms with Gasteiger partial charge in [-0.2, -0.15) is 0 Å². The lowest BCUT2D eigenvalue weighted by Gasteiger charge is -2.16. The lowest BCUT2D eigenvalue weighted by Crippen LogP contribution is -2.29. The number of nitrogens with one attached hydrogen (secondary N) is 1. The number of likely N-dealkylation sites (N-methyl/N-ethyl adjacent to an activating group) is 1. The summed E-state index contributed by atoms with van der Waals surface area (Å²) in [5, 5.41) is 2.82. The van der Waals surface area contributed by atoms with Crippen LogP contribution in [-0.2, 0) is 11.3 Å². The van der Waals surface area contributed by atoms with E-state index in [0.717, 1.165) is 17.0 Å². The summed E-state index contributed by atoms with van der Waals surface area (Å²) in [5.74, 6) is 0.379. The van der Waals surface area contributed by atoms with Crippen LogP contribution in [0.15, 0.2) is 48.5 Å². The van der Waals surface area contributed by atoms with Crippen LogP contribution >= 0.6 is 0 Å². The fourth-order valence-corrected chi connectivity index (χ4v) is 2.08. The number of methoxy groups -OCH3 is 1. The van der Waals surface area contributed by atoms with Crippen molar-refractivity contribution in [2.45, 2.75) is 6.54 Å². The highest BCUT2D eigenvalue weighted by Gasteiger charge is 2.08. The van der Waals surface area contributed by atoms with E-state index in [2.05, 4.69) is 5.32 Å². The van der Waals surface area contributed by atoms with Crippen LogP contribution in [-0.4, -0.2) is 31.5 Å². The van der Waals surface area contributed by atoms with Gasteiger partial charge in [-0.3, -0.25) is 9.69 Å². The zero-order valence-corrected chi connectivity index (χ0v) is 12.7. The molecular formula is C17H19FN2O2. The van der Waals surface area contributed by atoms with Crippen molar-refractivity contribution in [2.24, 2.45) is 0 Å². The molecule has 4 nitrogen and oxygen atoms in total. The van der Waals surface area contributed by atoms with E-state index in [1.807, 2.05) is 11.9 Å². The van der Waals surface area contributed by atoms with Gasteiger partial charge in [-0.25, -0.2) is 4.39 Å². The Morgan fingerprint density at radius 1 is 1.14 bits per heavy atom. The van der Waals surface area contributed by atoms with Crippen LogP contribution < -0.4 is 10.1 Å². The number of amides is 1. The quantitative estimate of drug-likeness (QED) is 0.892. The third kappa shape index (κ3) is 4.86. The van der Waals surface area contributed by atoms with E-state index >= 15 is 0 Å². The SMILES string of the molecule is COc1ccc(NC(=O)CN(C)Cc2ccc(F)cc2)cc1. The Morgan fingerprint density at radius 2 is 1.77 bits per heavy atom. The van der Waals surface area contributed by atoms with E-state index < -0.39 is 0 Å². The summed E-state index contributed by atoms with van der Waals surface area (Å²) in [7, 11) is 3.44. The Labute approximate surface area is 129 Å². The maximum absolute atomic E-state index is 12.8. The molecule has 0 aliphatic carbocycles. The number of anilines is 1. The molecule has 1 amide bonds. The molecule has 22 heavy (non-hydrogen) atoms. The molecule has 0 aliphatic heterocycles. The monoisotopic (exact) mass is 302 g/mol. The van der Waals surface area contributed by atoms with E-state index in [1.54, 1.807) is 43.5 Å². The minimum Gasteiger partial charge on any atom is -0.497 e. The van der Waals surface area contributed by atoms with Gasteiger partial charge in [0.05, 0.1) is 13.7 Å². The minimum atomic E-state index is -0.261. The molecule has 0 unspecified atom stereocenters. The predicted molar refractivity (Wildman–Crippen MR) is 84.4 cm³/mol. The molecule has 1 N–H and O–H groups in total. The number of carbonyl (C=O) groups is 1. The summed E-state index contributed by atoms with van der Waals surface area (Å²) < 4.78 is 17.9. The number of nitrogens with zero attached hydrogens (tertiary/aromatic N) is 1. The number of ether oxygens (including phenoxy) is 1. The van der Waals surface area contributed by atoms with Gasteiger partial charge in [-0.15, -0.1) is 0 Å². The van der Waals surface area contributed by atoms with Gasteiger partial charge in [0, 0.05) is 12.2 Å². The Balaban J connectivity index is 1.83. The molecule has 5 heteroatoms. The van der Waals surface area contributed by atoms with Gasteiger partial charge in [0.1, 0.15) is 11.6 Å². The van der Waals surface area contributed by atoms with Crippen LogP contribution in [0.3, 0.4) is 0 Å². The van der Waals surface area contributed by atoms with Crippen LogP contribution in [0.5, 0.6) is 5.75 Å². The van der Waals surface area contributed by atoms with E-state index in [1.165, 1.54) is 12.1 Å². The molecule has 116 valence electrons. The molecule has 2 aromatic carbocycles. The standard InChI is InChI=1S/C17H19FN2O2/c1-20(11-13-3-5-14(18)6-4-13)12-17(21)19-15-7-9-16(22-2)10-8-15/h3-10H,11-12H2,1-2H3,(H,19,21). The topological polar surface area (TPSA) is 41.6 Å². The first kappa shape index (κ1) is 16.0. The van der Waals surface area contributed by atoms with Crippen LogP contribution in [0.25, 0.3) is 0 Å². The number of hydrogen-bond acceptors (Lipinski definition) is 3. The molecule has 0 atom stereocenters. The second-order valence-electron chi connectivity index (χ2n) is 5.08. The van der Waals surface area contributed by atoms with Crippen molar-refractivity contribution in [3.05, 3.63) is 59.9 Å². The third-order valence-electron chi connectivity index (χ3n) is 3.15. The molecule has 2 aromatic rings. The van der Waals surface area contributed by atoms with E-state index in [-0.39, 0.29) is 18.3 Å². The van der Waals surface area contributed by atoms with Crippen LogP contribution in [0.1, 0.15) is 5.56 Å². The third-order valence-corrected chi connectivity index (χ3v) is 3.15. The maximum Gasteiger partial charge on any atom is 0.238 e. The molecule has 0 aliphatic rings. The van der Waals surface area contributed by atoms with Gasteiger partial charge < -0.3 is 10.1 Å². The Bertz CT molecular complexity index is 612. The molecule has 0 fully saturated rings. The largest absolute Gasteiger partial charge is 0.497 e. The van der Waals surface area contributed by atoms with Gasteiger partial charge in [-0.1, -0.05) is 12.1 Å². The predicted octanol–water partition coefficient (Wildman–Crippen LogP) is 2.90. The minimum absolute atomic E-state index is 0.102. The average molecular weight is 302 g/mol. The fourth-order valence-electron chi connectivity index (χ4n) is 2.08. The second-order valence-corrected chi connectivity index (χ2v) is 5.08. The molecule has 0 bridgehead atoms. The summed E-state index contributed by atoms with van der Waals surface area (Å²) in [6, 6.07) is 13.4. The number of benzene rings is 2. The zero-order valence-electron chi connectivity index (χ0n) is 12.7. The summed E-state index contributed by atoms with van der Waals surface area (Å²) in [5.41, 5.74) is 1.68. The number of halogens is 1. The summed E-state index contributed by atoms with van der Waals surface area (Å²) in [6.45, 7) is 0.833. The molecule has 2 rings (SSSR count). The van der Waals surface area contributed by atoms with Crippen molar-refractivity contribution in [3.8, 4) is 5.75 Å². The lowest BCUT2D eigenvalue weighted by molar-refractivity contribution is -0.117. The zero-order chi connectivity index (χ0) is 15.9. The number of hydrogen-bond donors (Lipinski definition) is 1. The van der Waals surface area contributed by atoms with Crippen molar-refractivity contribution in [2.75, 3.05) is 26.0 Å². The van der Waals surface area contributed by atoms with Crippen molar-refractivity contribution in [3.63, 3.8) is 0 Å². The highest BCUT2D eigenvalue weighted by atomic mass is 19.1. The van der Waals surface area contributed by atoms with Gasteiger partial charge in [0.15, 0.2) is 0 Å². The molecule has 0 spiro atoms. The van der Waals surface area contributed by atoms with E-state index in [4.69, 9.17) is 4.74 Å². The summed E-state index contributed by atoms with van der Waals surface area (Å²) >= 11 is 0. The Morgan fingerprint density at radius 3 is 2.36 bits per heavy atom. The molecule has 0 heterocycles. The van der Waals surface area contributed by atoms with Crippen molar-refractivity contribution >= 4 is 11.6 Å². The van der Waals surface area contributed by atoms with Gasteiger partial charge >= 0.3 is 0 Å². The second kappa shape index (κ2) is 7.56. The first-order valence-corrected chi connectivity index (χ1v) is 6.93. The molecular weight excluding hydrogens is 283 g/mol. The highest BCUT2D eigenvalue weighted by molar-refractivity contribution is 5.92. The molecule has 0 saturated heterocycles. The number of rotatable bonds is 6. The van der Waals surface area contributed by atoms with Gasteiger partial charge in [0.2, 0.25) is 5.91 Å². The molecule has 0 radical (unpaired) electrons. The fraction of sp³-hybridized carbons (Fsp3) is 0.235. The first-order valence-electron chi connectivity index (χ1n) is 6.93. The normalized spacial score (nSPS) is 10.5. The average Bonchev–Trinajstić information content (AvgIpc) is 2.50. The van der Waals surface area contributed by atoms with Gasteiger partial charge in [0.25, 0.3) is 0 Å². The lowest BCUT2D eigenvalue weighted by atomic mass is 10.2. The van der Waals surface area contributed by atoms with Crippen molar-refractivity contribution in [1.29, 1.82) is 0 Å². The van der Waals surface area contributed by atoms with E-state index in [9.17, 15) is 9.18 Å². The molecule has 0 aromatic heterocycles. The van der Waals surface area contributed by atoms with Crippen LogP contribution in [0, 0.1) is 5.82 Å². The van der Waals surface area contributed by atoms with Crippen molar-refractivity contribution in [1.82, 2.24) is 4.90 Å². The first-order chi connectivity index (χ1) is 10.6. The smallest absolute Gasteiger partial charge is 0.238 e. The Kier molecular flexibility index (Phi) is 5.49. The van der Waals surface area contributed by atoms with Crippen molar-refractivity contribution < 1.29 is 13.9 Å². The Hall–Kier alpha value is -2.40. The van der Waals surface area contributed by atoms with Crippen LogP contribution in [0.2, 0.25) is 0 Å². The highest BCUT2D eigenvalue weighted by Crippen LogP contribution is 2.15. The summed E-state index contributed by atoms with van der Waals surface area (Å²) in [6.07, 6.45) is 0. The van der Waals surface area contributed by atoms with Gasteiger partial charge in [-0.05, 0) is 49.0 Å². The molecule has 0 saturated carbocycles. The maximum atomic E-state index is 12.8. The van der Waals surface area contributed by atoms with E-state index in [0.29, 0.717) is 6.54 Å². The summed E-state index contributed by atoms with van der Waals surface area (Å²) in [4.78, 5) is 13.8.